The Kier molecular flexibility index (Phi) is 1.58. The second-order valence-electron chi connectivity index (χ2n) is 2.77. The van der Waals surface area contributed by atoms with E-state index >= 15 is 0 Å². The van der Waals surface area contributed by atoms with E-state index in [1.807, 2.05) is 13.8 Å². The molecule has 1 N–H and O–H groups in total. The second-order valence-corrected chi connectivity index (χ2v) is 3.14. The molecule has 3 heteroatoms. The molecule has 0 aromatic rings. The summed E-state index contributed by atoms with van der Waals surface area (Å²) < 4.78 is 5.06. The molecule has 9 heavy (non-hydrogen) atoms. The lowest BCUT2D eigenvalue weighted by Crippen LogP contribution is -2.42. The molecule has 0 aromatic heterocycles. The van der Waals surface area contributed by atoms with Crippen molar-refractivity contribution in [3.05, 3.63) is 11.4 Å². The third-order valence-electron chi connectivity index (χ3n) is 1.15. The van der Waals surface area contributed by atoms with Gasteiger partial charge in [-0.2, -0.15) is 0 Å². The molecule has 0 amide bonds. The molecule has 0 bridgehead atoms. The molecule has 0 saturated heterocycles. The van der Waals surface area contributed by atoms with Crippen molar-refractivity contribution in [1.82, 2.24) is 5.32 Å². The fourth-order valence-electron chi connectivity index (χ4n) is 0.585. The quantitative estimate of drug-likeness (QED) is 0.560. The molecule has 1 heterocycles. The van der Waals surface area contributed by atoms with Crippen molar-refractivity contribution in [2.75, 3.05) is 6.61 Å². The van der Waals surface area contributed by atoms with Gasteiger partial charge in [-0.1, -0.05) is 0 Å². The number of hydrogen-bond donors (Lipinski definition) is 1. The lowest BCUT2D eigenvalue weighted by atomic mass is 10.1. The maximum absolute atomic E-state index is 5.52. The highest BCUT2D eigenvalue weighted by molar-refractivity contribution is 6.28. The molecular weight excluding hydrogens is 138 g/mol. The van der Waals surface area contributed by atoms with Gasteiger partial charge in [0, 0.05) is 0 Å². The van der Waals surface area contributed by atoms with Crippen LogP contribution in [0.2, 0.25) is 0 Å². The summed E-state index contributed by atoms with van der Waals surface area (Å²) in [6, 6.07) is 0. The predicted molar refractivity (Wildman–Crippen MR) is 37.1 cm³/mol. The van der Waals surface area contributed by atoms with Crippen LogP contribution in [0.1, 0.15) is 13.8 Å². The monoisotopic (exact) mass is 147 g/mol. The number of ether oxygens (including phenoxy) is 1. The van der Waals surface area contributed by atoms with Crippen LogP contribution in [0.3, 0.4) is 0 Å². The number of nitrogens with one attached hydrogen (secondary N) is 1. The topological polar surface area (TPSA) is 21.3 Å². The average Bonchev–Trinajstić information content (AvgIpc) is 1.78. The molecule has 0 radical (unpaired) electrons. The van der Waals surface area contributed by atoms with Crippen LogP contribution in [0.15, 0.2) is 11.4 Å². The van der Waals surface area contributed by atoms with Crippen LogP contribution in [0.25, 0.3) is 0 Å². The van der Waals surface area contributed by atoms with Crippen molar-refractivity contribution in [3.63, 3.8) is 0 Å². The van der Waals surface area contributed by atoms with Gasteiger partial charge in [-0.05, 0) is 25.4 Å². The molecule has 1 aliphatic heterocycles. The lowest BCUT2D eigenvalue weighted by molar-refractivity contribution is 0.142. The summed E-state index contributed by atoms with van der Waals surface area (Å²) in [6.07, 6.45) is 1.67. The highest BCUT2D eigenvalue weighted by Crippen LogP contribution is 2.14. The van der Waals surface area contributed by atoms with E-state index in [2.05, 4.69) is 5.32 Å². The van der Waals surface area contributed by atoms with E-state index in [0.29, 0.717) is 11.8 Å². The lowest BCUT2D eigenvalue weighted by Gasteiger charge is -2.28. The maximum atomic E-state index is 5.52. The first-order valence-electron chi connectivity index (χ1n) is 2.86. The van der Waals surface area contributed by atoms with Crippen molar-refractivity contribution in [2.45, 2.75) is 19.4 Å². The van der Waals surface area contributed by atoms with E-state index in [9.17, 15) is 0 Å². The summed E-state index contributed by atoms with van der Waals surface area (Å²) in [5.74, 6) is 0. The zero-order chi connectivity index (χ0) is 6.91. The SMILES string of the molecule is CC1(C)COC(Cl)=CN1. The number of halogens is 1. The Balaban J connectivity index is 2.56. The molecule has 0 atom stereocenters. The first-order chi connectivity index (χ1) is 4.10. The second kappa shape index (κ2) is 2.10. The third kappa shape index (κ3) is 1.79. The summed E-state index contributed by atoms with van der Waals surface area (Å²) in [5, 5.41) is 3.53. The summed E-state index contributed by atoms with van der Waals surface area (Å²) in [5.41, 5.74) is 0.0262. The molecule has 0 saturated carbocycles. The minimum Gasteiger partial charge on any atom is -0.479 e. The summed E-state index contributed by atoms with van der Waals surface area (Å²) in [6.45, 7) is 4.72. The molecule has 0 aliphatic carbocycles. The smallest absolute Gasteiger partial charge is 0.203 e. The first-order valence-corrected chi connectivity index (χ1v) is 3.24. The molecule has 52 valence electrons. The summed E-state index contributed by atoms with van der Waals surface area (Å²) >= 11 is 5.52. The Bertz CT molecular complexity index is 142. The van der Waals surface area contributed by atoms with Gasteiger partial charge in [0.05, 0.1) is 11.7 Å². The van der Waals surface area contributed by atoms with Gasteiger partial charge >= 0.3 is 0 Å². The average molecular weight is 148 g/mol. The van der Waals surface area contributed by atoms with E-state index in [1.165, 1.54) is 0 Å². The summed E-state index contributed by atoms with van der Waals surface area (Å²) in [4.78, 5) is 0. The van der Waals surface area contributed by atoms with Crippen molar-refractivity contribution >= 4 is 11.6 Å². The van der Waals surface area contributed by atoms with Crippen LogP contribution in [0.5, 0.6) is 0 Å². The van der Waals surface area contributed by atoms with Crippen molar-refractivity contribution in [2.24, 2.45) is 0 Å². The van der Waals surface area contributed by atoms with E-state index in [1.54, 1.807) is 6.20 Å². The van der Waals surface area contributed by atoms with E-state index in [4.69, 9.17) is 16.3 Å². The van der Waals surface area contributed by atoms with Crippen LogP contribution in [0, 0.1) is 0 Å². The minimum absolute atomic E-state index is 0.0262. The maximum Gasteiger partial charge on any atom is 0.203 e. The molecule has 0 fully saturated rings. The Morgan fingerprint density at radius 1 is 1.78 bits per heavy atom. The van der Waals surface area contributed by atoms with Gasteiger partial charge in [-0.15, -0.1) is 0 Å². The van der Waals surface area contributed by atoms with Gasteiger partial charge in [0.25, 0.3) is 0 Å². The number of hydrogen-bond acceptors (Lipinski definition) is 2. The highest BCUT2D eigenvalue weighted by atomic mass is 35.5. The molecular formula is C6H10ClNO. The standard InChI is InChI=1S/C6H10ClNO/c1-6(2)4-9-5(7)3-8-6/h3,8H,4H2,1-2H3. The van der Waals surface area contributed by atoms with Crippen molar-refractivity contribution in [1.29, 1.82) is 0 Å². The van der Waals surface area contributed by atoms with Crippen LogP contribution in [-0.4, -0.2) is 12.1 Å². The highest BCUT2D eigenvalue weighted by Gasteiger charge is 2.20. The Morgan fingerprint density at radius 3 is 2.78 bits per heavy atom. The Hall–Kier alpha value is -0.370. The van der Waals surface area contributed by atoms with E-state index in [0.717, 1.165) is 0 Å². The van der Waals surface area contributed by atoms with Crippen LogP contribution in [-0.2, 0) is 4.74 Å². The molecule has 0 unspecified atom stereocenters. The van der Waals surface area contributed by atoms with Crippen molar-refractivity contribution < 1.29 is 4.74 Å². The predicted octanol–water partition coefficient (Wildman–Crippen LogP) is 1.42. The molecule has 0 spiro atoms. The fourth-order valence-corrected chi connectivity index (χ4v) is 0.694. The van der Waals surface area contributed by atoms with Gasteiger partial charge in [-0.3, -0.25) is 0 Å². The van der Waals surface area contributed by atoms with Crippen LogP contribution < -0.4 is 5.32 Å². The molecule has 1 rings (SSSR count). The van der Waals surface area contributed by atoms with Gasteiger partial charge in [-0.25, -0.2) is 0 Å². The molecule has 2 nitrogen and oxygen atoms in total. The van der Waals surface area contributed by atoms with Gasteiger partial charge in [0.15, 0.2) is 0 Å². The minimum atomic E-state index is 0.0262. The van der Waals surface area contributed by atoms with Gasteiger partial charge < -0.3 is 10.1 Å². The summed E-state index contributed by atoms with van der Waals surface area (Å²) in [7, 11) is 0. The van der Waals surface area contributed by atoms with Crippen LogP contribution >= 0.6 is 11.6 Å². The van der Waals surface area contributed by atoms with E-state index in [-0.39, 0.29) is 5.54 Å². The Morgan fingerprint density at radius 2 is 2.44 bits per heavy atom. The zero-order valence-corrected chi connectivity index (χ0v) is 6.33. The molecule has 1 aliphatic rings. The fraction of sp³-hybridized carbons (Fsp3) is 0.667. The van der Waals surface area contributed by atoms with Crippen molar-refractivity contribution in [3.8, 4) is 0 Å². The van der Waals surface area contributed by atoms with E-state index < -0.39 is 0 Å². The van der Waals surface area contributed by atoms with Gasteiger partial charge in [0.1, 0.15) is 6.61 Å². The largest absolute Gasteiger partial charge is 0.479 e. The first kappa shape index (κ1) is 6.75. The number of rotatable bonds is 0. The zero-order valence-electron chi connectivity index (χ0n) is 5.57. The van der Waals surface area contributed by atoms with Crippen LogP contribution in [0.4, 0.5) is 0 Å². The molecule has 0 aromatic carbocycles. The third-order valence-corrected chi connectivity index (χ3v) is 1.37. The van der Waals surface area contributed by atoms with Gasteiger partial charge in [0.2, 0.25) is 5.22 Å². The Labute approximate surface area is 59.8 Å². The normalized spacial score (nSPS) is 23.7.